The molecule has 2 heterocycles. The molecule has 5 nitrogen and oxygen atoms in total. The standard InChI is InChI=1S/C20H10Br2O5/c21-13-7-12-16(8-15(13)24)26-18-11(5-6-14(23)17(18)22)20(12)10-4-2-1-3-9(10)19(25)27-20/h1-8,23-24H. The lowest BCUT2D eigenvalue weighted by Gasteiger charge is -2.37. The van der Waals surface area contributed by atoms with E-state index in [-0.39, 0.29) is 11.5 Å². The molecule has 0 bridgehead atoms. The zero-order valence-electron chi connectivity index (χ0n) is 13.5. The molecule has 27 heavy (non-hydrogen) atoms. The van der Waals surface area contributed by atoms with Crippen molar-refractivity contribution < 1.29 is 24.5 Å². The predicted molar refractivity (Wildman–Crippen MR) is 103 cm³/mol. The van der Waals surface area contributed by atoms with Crippen molar-refractivity contribution >= 4 is 37.8 Å². The lowest BCUT2D eigenvalue weighted by atomic mass is 9.77. The molecule has 2 aliphatic heterocycles. The van der Waals surface area contributed by atoms with Crippen molar-refractivity contribution in [3.05, 3.63) is 79.7 Å². The molecule has 0 aromatic heterocycles. The fourth-order valence-electron chi connectivity index (χ4n) is 3.70. The SMILES string of the molecule is O=C1OC2(c3cc(Br)c(O)cc3Oc3c2ccc(O)c3Br)c2ccccc21. The van der Waals surface area contributed by atoms with Crippen LogP contribution in [-0.2, 0) is 10.3 Å². The van der Waals surface area contributed by atoms with Crippen molar-refractivity contribution in [2.75, 3.05) is 0 Å². The number of carbonyl (C=O) groups is 1. The molecule has 1 unspecified atom stereocenters. The van der Waals surface area contributed by atoms with Gasteiger partial charge in [-0.15, -0.1) is 0 Å². The molecule has 1 atom stereocenters. The molecule has 7 heteroatoms. The van der Waals surface area contributed by atoms with Gasteiger partial charge in [0.1, 0.15) is 21.7 Å². The topological polar surface area (TPSA) is 76.0 Å². The van der Waals surface area contributed by atoms with E-state index in [1.54, 1.807) is 24.3 Å². The van der Waals surface area contributed by atoms with Gasteiger partial charge in [-0.05, 0) is 56.1 Å². The quantitative estimate of drug-likeness (QED) is 0.425. The Hall–Kier alpha value is -2.51. The van der Waals surface area contributed by atoms with Crippen LogP contribution in [0.25, 0.3) is 0 Å². The van der Waals surface area contributed by atoms with E-state index in [4.69, 9.17) is 9.47 Å². The lowest BCUT2D eigenvalue weighted by Crippen LogP contribution is -2.33. The highest BCUT2D eigenvalue weighted by Gasteiger charge is 2.54. The molecule has 5 rings (SSSR count). The summed E-state index contributed by atoms with van der Waals surface area (Å²) < 4.78 is 12.8. The average molecular weight is 490 g/mol. The first-order valence-corrected chi connectivity index (χ1v) is 9.57. The van der Waals surface area contributed by atoms with E-state index in [2.05, 4.69) is 31.9 Å². The first kappa shape index (κ1) is 16.6. The Morgan fingerprint density at radius 3 is 2.48 bits per heavy atom. The molecular formula is C20H10Br2O5. The second-order valence-corrected chi connectivity index (χ2v) is 7.94. The van der Waals surface area contributed by atoms with Gasteiger partial charge in [0, 0.05) is 22.8 Å². The van der Waals surface area contributed by atoms with Crippen molar-refractivity contribution in [3.8, 4) is 23.0 Å². The summed E-state index contributed by atoms with van der Waals surface area (Å²) in [5, 5.41) is 20.2. The summed E-state index contributed by atoms with van der Waals surface area (Å²) in [5.74, 6) is 0.193. The normalized spacial score (nSPS) is 19.1. The summed E-state index contributed by atoms with van der Waals surface area (Å²) in [6, 6.07) is 13.5. The van der Waals surface area contributed by atoms with Crippen LogP contribution in [0.1, 0.15) is 27.0 Å². The van der Waals surface area contributed by atoms with Gasteiger partial charge in [0.05, 0.1) is 10.0 Å². The third-order valence-electron chi connectivity index (χ3n) is 4.87. The Balaban J connectivity index is 1.95. The van der Waals surface area contributed by atoms with E-state index in [9.17, 15) is 15.0 Å². The van der Waals surface area contributed by atoms with Crippen LogP contribution >= 0.6 is 31.9 Å². The first-order valence-electron chi connectivity index (χ1n) is 7.99. The third kappa shape index (κ3) is 2.06. The molecule has 3 aromatic carbocycles. The summed E-state index contributed by atoms with van der Waals surface area (Å²) in [4.78, 5) is 12.7. The molecule has 0 aliphatic carbocycles. The molecule has 2 N–H and O–H groups in total. The van der Waals surface area contributed by atoms with Crippen LogP contribution in [0, 0.1) is 0 Å². The van der Waals surface area contributed by atoms with E-state index in [1.165, 1.54) is 12.1 Å². The summed E-state index contributed by atoms with van der Waals surface area (Å²) in [5.41, 5.74) is 1.05. The van der Waals surface area contributed by atoms with E-state index in [1.807, 2.05) is 12.1 Å². The van der Waals surface area contributed by atoms with E-state index < -0.39 is 11.6 Å². The number of benzene rings is 3. The largest absolute Gasteiger partial charge is 0.507 e. The molecular weight excluding hydrogens is 480 g/mol. The second-order valence-electron chi connectivity index (χ2n) is 6.29. The Morgan fingerprint density at radius 1 is 0.889 bits per heavy atom. The van der Waals surface area contributed by atoms with E-state index in [0.717, 1.165) is 0 Å². The number of fused-ring (bicyclic) bond motifs is 6. The number of carbonyl (C=O) groups excluding carboxylic acids is 1. The number of halogens is 2. The average Bonchev–Trinajstić information content (AvgIpc) is 2.95. The van der Waals surface area contributed by atoms with Crippen LogP contribution in [0.5, 0.6) is 23.0 Å². The number of hydrogen-bond acceptors (Lipinski definition) is 5. The first-order chi connectivity index (χ1) is 12.9. The van der Waals surface area contributed by atoms with Crippen LogP contribution in [0.3, 0.4) is 0 Å². The van der Waals surface area contributed by atoms with Gasteiger partial charge in [0.25, 0.3) is 0 Å². The Bertz CT molecular complexity index is 1150. The number of phenols is 2. The molecule has 0 amide bonds. The van der Waals surface area contributed by atoms with Gasteiger partial charge in [-0.3, -0.25) is 0 Å². The van der Waals surface area contributed by atoms with Crippen molar-refractivity contribution in [1.82, 2.24) is 0 Å². The summed E-state index contributed by atoms with van der Waals surface area (Å²) >= 11 is 6.68. The van der Waals surface area contributed by atoms with Gasteiger partial charge in [-0.2, -0.15) is 0 Å². The van der Waals surface area contributed by atoms with Crippen molar-refractivity contribution in [2.45, 2.75) is 5.60 Å². The summed E-state index contributed by atoms with van der Waals surface area (Å²) in [6.07, 6.45) is 0. The number of rotatable bonds is 0. The fraction of sp³-hybridized carbons (Fsp3) is 0.0500. The Morgan fingerprint density at radius 2 is 1.67 bits per heavy atom. The maximum Gasteiger partial charge on any atom is 0.340 e. The number of ether oxygens (including phenoxy) is 2. The minimum atomic E-state index is -1.25. The molecule has 134 valence electrons. The van der Waals surface area contributed by atoms with Crippen molar-refractivity contribution in [2.24, 2.45) is 0 Å². The molecule has 1 spiro atoms. The van der Waals surface area contributed by atoms with E-state index in [0.29, 0.717) is 42.7 Å². The van der Waals surface area contributed by atoms with Crippen LogP contribution in [0.2, 0.25) is 0 Å². The highest BCUT2D eigenvalue weighted by atomic mass is 79.9. The predicted octanol–water partition coefficient (Wildman–Crippen LogP) is 5.19. The van der Waals surface area contributed by atoms with Gasteiger partial charge in [0.15, 0.2) is 11.4 Å². The zero-order valence-corrected chi connectivity index (χ0v) is 16.7. The molecule has 0 fully saturated rings. The number of hydrogen-bond donors (Lipinski definition) is 2. The molecule has 2 aliphatic rings. The van der Waals surface area contributed by atoms with Crippen LogP contribution in [0.15, 0.2) is 57.5 Å². The van der Waals surface area contributed by atoms with Gasteiger partial charge < -0.3 is 19.7 Å². The van der Waals surface area contributed by atoms with Crippen LogP contribution < -0.4 is 4.74 Å². The van der Waals surface area contributed by atoms with Crippen molar-refractivity contribution in [3.63, 3.8) is 0 Å². The van der Waals surface area contributed by atoms with Gasteiger partial charge in [0.2, 0.25) is 0 Å². The third-order valence-corrected chi connectivity index (χ3v) is 6.27. The van der Waals surface area contributed by atoms with Gasteiger partial charge >= 0.3 is 5.97 Å². The number of phenolic OH excluding ortho intramolecular Hbond substituents is 2. The zero-order chi connectivity index (χ0) is 18.9. The highest BCUT2D eigenvalue weighted by Crippen LogP contribution is 2.59. The maximum atomic E-state index is 12.7. The molecule has 3 aromatic rings. The molecule has 0 radical (unpaired) electrons. The second kappa shape index (κ2) is 5.50. The Labute approximate surface area is 170 Å². The summed E-state index contributed by atoms with van der Waals surface area (Å²) in [7, 11) is 0. The fourth-order valence-corrected chi connectivity index (χ4v) is 4.47. The van der Waals surface area contributed by atoms with Crippen LogP contribution in [-0.4, -0.2) is 16.2 Å². The molecule has 0 saturated carbocycles. The highest BCUT2D eigenvalue weighted by molar-refractivity contribution is 9.11. The Kier molecular flexibility index (Phi) is 3.39. The van der Waals surface area contributed by atoms with Crippen molar-refractivity contribution in [1.29, 1.82) is 0 Å². The maximum absolute atomic E-state index is 12.7. The number of esters is 1. The van der Waals surface area contributed by atoms with E-state index >= 15 is 0 Å². The lowest BCUT2D eigenvalue weighted by molar-refractivity contribution is 0.0223. The van der Waals surface area contributed by atoms with Gasteiger partial charge in [-0.1, -0.05) is 18.2 Å². The number of aromatic hydroxyl groups is 2. The van der Waals surface area contributed by atoms with Crippen LogP contribution in [0.4, 0.5) is 0 Å². The molecule has 0 saturated heterocycles. The summed E-state index contributed by atoms with van der Waals surface area (Å²) in [6.45, 7) is 0. The monoisotopic (exact) mass is 488 g/mol. The van der Waals surface area contributed by atoms with Gasteiger partial charge in [-0.25, -0.2) is 4.79 Å². The smallest absolute Gasteiger partial charge is 0.340 e. The minimum Gasteiger partial charge on any atom is -0.507 e. The minimum absolute atomic E-state index is 0.00806.